The fraction of sp³-hybridized carbons (Fsp3) is 0.200. The van der Waals surface area contributed by atoms with Crippen molar-refractivity contribution in [2.45, 2.75) is 0 Å². The van der Waals surface area contributed by atoms with Crippen LogP contribution in [0, 0.1) is 0 Å². The van der Waals surface area contributed by atoms with Gasteiger partial charge >= 0.3 is 0 Å². The molecule has 7 heteroatoms. The molecule has 1 amide bonds. The molecular formula is C20H19BrClNO4. The number of ketones is 1. The van der Waals surface area contributed by atoms with Crippen LogP contribution in [0.25, 0.3) is 6.08 Å². The highest BCUT2D eigenvalue weighted by Gasteiger charge is 2.14. The molecule has 2 aromatic rings. The number of ether oxygens (including phenoxy) is 2. The Morgan fingerprint density at radius 1 is 1.22 bits per heavy atom. The lowest BCUT2D eigenvalue weighted by Gasteiger charge is -2.15. The maximum Gasteiger partial charge on any atom is 0.259 e. The summed E-state index contributed by atoms with van der Waals surface area (Å²) in [5.41, 5.74) is 1.24. The number of likely N-dealkylation sites (N-methyl/N-ethyl adjacent to an activating group) is 1. The van der Waals surface area contributed by atoms with Crippen molar-refractivity contribution in [1.82, 2.24) is 4.90 Å². The Bertz CT molecular complexity index is 880. The number of benzene rings is 2. The monoisotopic (exact) mass is 451 g/mol. The van der Waals surface area contributed by atoms with Gasteiger partial charge in [-0.05, 0) is 51.8 Å². The van der Waals surface area contributed by atoms with Gasteiger partial charge in [-0.15, -0.1) is 0 Å². The zero-order chi connectivity index (χ0) is 20.0. The van der Waals surface area contributed by atoms with E-state index >= 15 is 0 Å². The van der Waals surface area contributed by atoms with Crippen molar-refractivity contribution in [1.29, 1.82) is 0 Å². The van der Waals surface area contributed by atoms with Gasteiger partial charge in [-0.3, -0.25) is 9.59 Å². The Hall–Kier alpha value is -2.31. The van der Waals surface area contributed by atoms with Gasteiger partial charge in [0.05, 0.1) is 11.6 Å². The number of nitrogens with zero attached hydrogens (tertiary/aromatic N) is 1. The van der Waals surface area contributed by atoms with Gasteiger partial charge in [-0.1, -0.05) is 29.8 Å². The molecule has 0 aromatic heterocycles. The Labute approximate surface area is 171 Å². The van der Waals surface area contributed by atoms with Gasteiger partial charge in [0.15, 0.2) is 23.9 Å². The summed E-state index contributed by atoms with van der Waals surface area (Å²) >= 11 is 9.34. The molecule has 142 valence electrons. The van der Waals surface area contributed by atoms with Crippen LogP contribution >= 0.6 is 27.5 Å². The van der Waals surface area contributed by atoms with Gasteiger partial charge in [-0.2, -0.15) is 0 Å². The summed E-state index contributed by atoms with van der Waals surface area (Å²) in [7, 11) is 4.82. The van der Waals surface area contributed by atoms with E-state index < -0.39 is 0 Å². The molecule has 0 spiro atoms. The zero-order valence-corrected chi connectivity index (χ0v) is 17.5. The zero-order valence-electron chi connectivity index (χ0n) is 15.2. The van der Waals surface area contributed by atoms with Crippen LogP contribution in [0.1, 0.15) is 15.9 Å². The average Bonchev–Trinajstić information content (AvgIpc) is 2.64. The summed E-state index contributed by atoms with van der Waals surface area (Å²) in [6.07, 6.45) is 3.13. The maximum absolute atomic E-state index is 12.3. The van der Waals surface area contributed by atoms with Gasteiger partial charge in [0, 0.05) is 24.7 Å². The van der Waals surface area contributed by atoms with E-state index in [0.717, 1.165) is 5.56 Å². The largest absolute Gasteiger partial charge is 0.493 e. The van der Waals surface area contributed by atoms with Crippen molar-refractivity contribution in [2.24, 2.45) is 0 Å². The number of allylic oxidation sites excluding steroid dienone is 1. The molecule has 2 aromatic carbocycles. The third-order valence-electron chi connectivity index (χ3n) is 3.63. The van der Waals surface area contributed by atoms with E-state index in [2.05, 4.69) is 15.9 Å². The van der Waals surface area contributed by atoms with E-state index in [4.69, 9.17) is 21.1 Å². The average molecular weight is 453 g/mol. The standard InChI is InChI=1S/C20H19BrClNO4/c1-23(2)19(25)12-27-20-16(21)9-13(10-18(20)26-3)7-8-17(24)14-5-4-6-15(22)11-14/h4-11H,12H2,1-3H3/b8-7+. The van der Waals surface area contributed by atoms with Crippen LogP contribution in [0.5, 0.6) is 11.5 Å². The van der Waals surface area contributed by atoms with Crippen molar-refractivity contribution >= 4 is 45.3 Å². The van der Waals surface area contributed by atoms with Crippen molar-refractivity contribution in [3.8, 4) is 11.5 Å². The van der Waals surface area contributed by atoms with Gasteiger partial charge in [-0.25, -0.2) is 0 Å². The van der Waals surface area contributed by atoms with Gasteiger partial charge < -0.3 is 14.4 Å². The molecule has 0 bridgehead atoms. The number of amides is 1. The molecule has 0 heterocycles. The minimum absolute atomic E-state index is 0.107. The van der Waals surface area contributed by atoms with Gasteiger partial charge in [0.2, 0.25) is 0 Å². The van der Waals surface area contributed by atoms with E-state index in [1.165, 1.54) is 18.1 Å². The Morgan fingerprint density at radius 2 is 1.96 bits per heavy atom. The number of carbonyl (C=O) groups excluding carboxylic acids is 2. The van der Waals surface area contributed by atoms with Crippen molar-refractivity contribution in [2.75, 3.05) is 27.8 Å². The summed E-state index contributed by atoms with van der Waals surface area (Å²) < 4.78 is 11.5. The molecular weight excluding hydrogens is 434 g/mol. The minimum Gasteiger partial charge on any atom is -0.493 e. The summed E-state index contributed by atoms with van der Waals surface area (Å²) in [6, 6.07) is 10.3. The molecule has 0 unspecified atom stereocenters. The van der Waals surface area contributed by atoms with E-state index in [1.54, 1.807) is 56.6 Å². The normalized spacial score (nSPS) is 10.7. The molecule has 0 aliphatic rings. The van der Waals surface area contributed by atoms with E-state index in [1.807, 2.05) is 0 Å². The molecule has 0 saturated carbocycles. The first-order valence-electron chi connectivity index (χ1n) is 8.00. The molecule has 0 fully saturated rings. The molecule has 5 nitrogen and oxygen atoms in total. The van der Waals surface area contributed by atoms with Crippen LogP contribution in [0.3, 0.4) is 0 Å². The Morgan fingerprint density at radius 3 is 2.59 bits per heavy atom. The molecule has 2 rings (SSSR count). The molecule has 0 radical (unpaired) electrons. The van der Waals surface area contributed by atoms with Crippen LogP contribution in [0.15, 0.2) is 46.9 Å². The fourth-order valence-corrected chi connectivity index (χ4v) is 2.91. The quantitative estimate of drug-likeness (QED) is 0.459. The molecule has 0 aliphatic heterocycles. The summed E-state index contributed by atoms with van der Waals surface area (Å²) in [6.45, 7) is -0.107. The van der Waals surface area contributed by atoms with E-state index in [-0.39, 0.29) is 18.3 Å². The van der Waals surface area contributed by atoms with E-state index in [0.29, 0.717) is 26.6 Å². The molecule has 0 aliphatic carbocycles. The smallest absolute Gasteiger partial charge is 0.259 e. The second kappa shape index (κ2) is 9.58. The highest BCUT2D eigenvalue weighted by atomic mass is 79.9. The first-order valence-corrected chi connectivity index (χ1v) is 9.17. The lowest BCUT2D eigenvalue weighted by atomic mass is 10.1. The second-order valence-corrected chi connectivity index (χ2v) is 7.11. The molecule has 0 atom stereocenters. The number of methoxy groups -OCH3 is 1. The van der Waals surface area contributed by atoms with Crippen LogP contribution in [0.2, 0.25) is 5.02 Å². The highest BCUT2D eigenvalue weighted by Crippen LogP contribution is 2.37. The Kier molecular flexibility index (Phi) is 7.45. The van der Waals surface area contributed by atoms with Crippen molar-refractivity contribution in [3.63, 3.8) is 0 Å². The predicted octanol–water partition coefficient (Wildman–Crippen LogP) is 4.47. The van der Waals surface area contributed by atoms with Gasteiger partial charge in [0.1, 0.15) is 0 Å². The number of carbonyl (C=O) groups is 2. The molecule has 27 heavy (non-hydrogen) atoms. The topological polar surface area (TPSA) is 55.8 Å². The van der Waals surface area contributed by atoms with Crippen LogP contribution < -0.4 is 9.47 Å². The molecule has 0 N–H and O–H groups in total. The summed E-state index contributed by atoms with van der Waals surface area (Å²) in [5, 5.41) is 0.507. The van der Waals surface area contributed by atoms with Crippen molar-refractivity contribution < 1.29 is 19.1 Å². The van der Waals surface area contributed by atoms with Crippen molar-refractivity contribution in [3.05, 3.63) is 63.1 Å². The lowest BCUT2D eigenvalue weighted by Crippen LogP contribution is -2.27. The number of halogens is 2. The second-order valence-electron chi connectivity index (χ2n) is 5.82. The third-order valence-corrected chi connectivity index (χ3v) is 4.45. The predicted molar refractivity (Wildman–Crippen MR) is 110 cm³/mol. The van der Waals surface area contributed by atoms with E-state index in [9.17, 15) is 9.59 Å². The Balaban J connectivity index is 2.20. The lowest BCUT2D eigenvalue weighted by molar-refractivity contribution is -0.130. The van der Waals surface area contributed by atoms with Crippen LogP contribution in [0.4, 0.5) is 0 Å². The fourth-order valence-electron chi connectivity index (χ4n) is 2.15. The van der Waals surface area contributed by atoms with Crippen LogP contribution in [-0.2, 0) is 4.79 Å². The van der Waals surface area contributed by atoms with Gasteiger partial charge in [0.25, 0.3) is 5.91 Å². The SMILES string of the molecule is COc1cc(/C=C/C(=O)c2cccc(Cl)c2)cc(Br)c1OCC(=O)N(C)C. The maximum atomic E-state index is 12.3. The molecule has 0 saturated heterocycles. The minimum atomic E-state index is -0.167. The summed E-state index contributed by atoms with van der Waals surface area (Å²) in [4.78, 5) is 25.4. The first kappa shape index (κ1) is 21.0. The number of rotatable bonds is 7. The number of hydrogen-bond acceptors (Lipinski definition) is 4. The summed E-state index contributed by atoms with van der Waals surface area (Å²) in [5.74, 6) is 0.543. The highest BCUT2D eigenvalue weighted by molar-refractivity contribution is 9.10. The van der Waals surface area contributed by atoms with Crippen LogP contribution in [-0.4, -0.2) is 44.4 Å². The third kappa shape index (κ3) is 5.84. The number of hydrogen-bond donors (Lipinski definition) is 0. The first-order chi connectivity index (χ1) is 12.8.